The number of aromatic nitrogens is 1. The second-order valence-electron chi connectivity index (χ2n) is 5.66. The highest BCUT2D eigenvalue weighted by atomic mass is 35.5. The maximum atomic E-state index is 11.7. The summed E-state index contributed by atoms with van der Waals surface area (Å²) >= 11 is 14.0. The molecule has 1 fully saturated rings. The quantitative estimate of drug-likeness (QED) is 0.761. The summed E-state index contributed by atoms with van der Waals surface area (Å²) in [6.45, 7) is 4.03. The van der Waals surface area contributed by atoms with Crippen LogP contribution in [0.5, 0.6) is 0 Å². The lowest BCUT2D eigenvalue weighted by atomic mass is 9.75. The highest BCUT2D eigenvalue weighted by Gasteiger charge is 2.44. The van der Waals surface area contributed by atoms with E-state index in [9.17, 15) is 8.42 Å². The first-order valence-corrected chi connectivity index (χ1v) is 10.3. The van der Waals surface area contributed by atoms with Crippen molar-refractivity contribution >= 4 is 44.4 Å². The van der Waals surface area contributed by atoms with E-state index < -0.39 is 9.84 Å². The van der Waals surface area contributed by atoms with Crippen molar-refractivity contribution in [2.24, 2.45) is 11.3 Å². The average molecular weight is 356 g/mol. The fraction of sp³-hybridized carbons (Fsp3) is 0.769. The van der Waals surface area contributed by atoms with Crippen molar-refractivity contribution in [3.8, 4) is 0 Å². The zero-order chi connectivity index (χ0) is 15.0. The number of hydrogen-bond donors (Lipinski definition) is 0. The van der Waals surface area contributed by atoms with Crippen LogP contribution in [0.2, 0.25) is 0 Å². The summed E-state index contributed by atoms with van der Waals surface area (Å²) < 4.78 is 23.5. The molecule has 1 saturated heterocycles. The van der Waals surface area contributed by atoms with Crippen LogP contribution >= 0.6 is 34.5 Å². The van der Waals surface area contributed by atoms with Crippen LogP contribution in [-0.4, -0.2) is 36.7 Å². The molecule has 0 aromatic carbocycles. The molecule has 20 heavy (non-hydrogen) atoms. The molecular weight excluding hydrogens is 337 g/mol. The topological polar surface area (TPSA) is 47.0 Å². The van der Waals surface area contributed by atoms with Crippen LogP contribution in [-0.2, 0) is 16.3 Å². The van der Waals surface area contributed by atoms with Gasteiger partial charge in [0.05, 0.1) is 22.2 Å². The second-order valence-corrected chi connectivity index (χ2v) is 9.71. The van der Waals surface area contributed by atoms with Gasteiger partial charge in [0.2, 0.25) is 0 Å². The molecule has 0 spiro atoms. The normalized spacial score (nSPS) is 22.3. The lowest BCUT2D eigenvalue weighted by Crippen LogP contribution is -2.37. The standard InChI is InChI=1S/C13H19Cl2NO2S2/c1-9-10(2)19-12(16-9)5-13(7-14,8-15)11-3-4-20(17,18)6-11/h11H,3-8H2,1-2H3. The van der Waals surface area contributed by atoms with Crippen LogP contribution in [0.3, 0.4) is 0 Å². The van der Waals surface area contributed by atoms with Crippen molar-refractivity contribution in [2.45, 2.75) is 26.7 Å². The van der Waals surface area contributed by atoms with Gasteiger partial charge in [-0.3, -0.25) is 0 Å². The number of halogens is 2. The first-order chi connectivity index (χ1) is 9.32. The van der Waals surface area contributed by atoms with Crippen molar-refractivity contribution < 1.29 is 8.42 Å². The SMILES string of the molecule is Cc1nc(CC(CCl)(CCl)C2CCS(=O)(=O)C2)sc1C. The lowest BCUT2D eigenvalue weighted by Gasteiger charge is -2.34. The Morgan fingerprint density at radius 1 is 1.35 bits per heavy atom. The van der Waals surface area contributed by atoms with E-state index >= 15 is 0 Å². The van der Waals surface area contributed by atoms with E-state index in [1.807, 2.05) is 13.8 Å². The number of nitrogens with zero attached hydrogens (tertiary/aromatic N) is 1. The van der Waals surface area contributed by atoms with Gasteiger partial charge in [-0.15, -0.1) is 34.5 Å². The first kappa shape index (κ1) is 16.5. The fourth-order valence-corrected chi connectivity index (χ4v) is 6.63. The second kappa shape index (κ2) is 6.11. The molecule has 1 aliphatic heterocycles. The predicted octanol–water partition coefficient (Wildman–Crippen LogP) is 3.20. The predicted molar refractivity (Wildman–Crippen MR) is 85.9 cm³/mol. The largest absolute Gasteiger partial charge is 0.246 e. The van der Waals surface area contributed by atoms with Crippen LogP contribution in [0.4, 0.5) is 0 Å². The highest BCUT2D eigenvalue weighted by Crippen LogP contribution is 2.41. The third-order valence-corrected chi connectivity index (χ3v) is 8.11. The molecule has 0 bridgehead atoms. The molecule has 1 aromatic rings. The van der Waals surface area contributed by atoms with E-state index in [-0.39, 0.29) is 22.8 Å². The highest BCUT2D eigenvalue weighted by molar-refractivity contribution is 7.91. The average Bonchev–Trinajstić information content (AvgIpc) is 2.90. The summed E-state index contributed by atoms with van der Waals surface area (Å²) in [5, 5.41) is 1.01. The Balaban J connectivity index is 2.25. The summed E-state index contributed by atoms with van der Waals surface area (Å²) in [5.41, 5.74) is 0.658. The van der Waals surface area contributed by atoms with Crippen molar-refractivity contribution in [1.29, 1.82) is 0 Å². The van der Waals surface area contributed by atoms with Gasteiger partial charge in [-0.2, -0.15) is 0 Å². The minimum Gasteiger partial charge on any atom is -0.246 e. The van der Waals surface area contributed by atoms with Gasteiger partial charge in [0.1, 0.15) is 0 Å². The maximum absolute atomic E-state index is 11.7. The van der Waals surface area contributed by atoms with Crippen molar-refractivity contribution in [2.75, 3.05) is 23.3 Å². The Morgan fingerprint density at radius 3 is 2.40 bits per heavy atom. The first-order valence-electron chi connectivity index (χ1n) is 6.57. The molecule has 1 unspecified atom stereocenters. The Labute approximate surface area is 134 Å². The number of sulfone groups is 1. The van der Waals surface area contributed by atoms with Gasteiger partial charge >= 0.3 is 0 Å². The van der Waals surface area contributed by atoms with Gasteiger partial charge in [0.25, 0.3) is 0 Å². The molecule has 0 aliphatic carbocycles. The smallest absolute Gasteiger partial charge is 0.150 e. The van der Waals surface area contributed by atoms with Gasteiger partial charge in [0, 0.05) is 28.5 Å². The molecule has 2 rings (SSSR count). The summed E-state index contributed by atoms with van der Waals surface area (Å²) in [7, 11) is -2.93. The molecule has 0 saturated carbocycles. The number of thiazole rings is 1. The monoisotopic (exact) mass is 355 g/mol. The molecular formula is C13H19Cl2NO2S2. The molecule has 0 radical (unpaired) electrons. The minimum absolute atomic E-state index is 0.0343. The van der Waals surface area contributed by atoms with E-state index in [1.165, 1.54) is 4.88 Å². The van der Waals surface area contributed by atoms with Crippen molar-refractivity contribution in [1.82, 2.24) is 4.98 Å². The minimum atomic E-state index is -2.93. The Morgan fingerprint density at radius 2 is 2.00 bits per heavy atom. The number of rotatable bonds is 5. The molecule has 7 heteroatoms. The summed E-state index contributed by atoms with van der Waals surface area (Å²) in [6, 6.07) is 0. The van der Waals surface area contributed by atoms with Crippen LogP contribution in [0, 0.1) is 25.2 Å². The molecule has 114 valence electrons. The molecule has 1 aliphatic rings. The summed E-state index contributed by atoms with van der Waals surface area (Å²) in [4.78, 5) is 5.74. The van der Waals surface area contributed by atoms with E-state index in [4.69, 9.17) is 23.2 Å². The molecule has 1 atom stereocenters. The van der Waals surface area contributed by atoms with Crippen molar-refractivity contribution in [3.05, 3.63) is 15.6 Å². The Bertz CT molecular complexity index is 560. The summed E-state index contributed by atoms with van der Waals surface area (Å²) in [6.07, 6.45) is 1.32. The Hall–Kier alpha value is 0.160. The summed E-state index contributed by atoms with van der Waals surface area (Å²) in [5.74, 6) is 1.23. The van der Waals surface area contributed by atoms with Gasteiger partial charge in [-0.05, 0) is 26.2 Å². The van der Waals surface area contributed by atoms with Gasteiger partial charge in [-0.25, -0.2) is 13.4 Å². The van der Waals surface area contributed by atoms with E-state index in [0.717, 1.165) is 10.7 Å². The zero-order valence-corrected chi connectivity index (χ0v) is 14.8. The number of alkyl halides is 2. The molecule has 0 amide bonds. The molecule has 3 nitrogen and oxygen atoms in total. The molecule has 2 heterocycles. The zero-order valence-electron chi connectivity index (χ0n) is 11.7. The molecule has 0 N–H and O–H groups in total. The van der Waals surface area contributed by atoms with Gasteiger partial charge < -0.3 is 0 Å². The Kier molecular flexibility index (Phi) is 5.05. The van der Waals surface area contributed by atoms with Crippen LogP contribution in [0.1, 0.15) is 22.0 Å². The molecule has 1 aromatic heterocycles. The third-order valence-electron chi connectivity index (χ3n) is 4.21. The number of hydrogen-bond acceptors (Lipinski definition) is 4. The fourth-order valence-electron chi connectivity index (χ4n) is 2.69. The van der Waals surface area contributed by atoms with Gasteiger partial charge in [-0.1, -0.05) is 0 Å². The van der Waals surface area contributed by atoms with E-state index in [1.54, 1.807) is 11.3 Å². The number of aryl methyl sites for hydroxylation is 2. The van der Waals surface area contributed by atoms with Crippen LogP contribution < -0.4 is 0 Å². The van der Waals surface area contributed by atoms with Crippen LogP contribution in [0.25, 0.3) is 0 Å². The van der Waals surface area contributed by atoms with Crippen molar-refractivity contribution in [3.63, 3.8) is 0 Å². The van der Waals surface area contributed by atoms with Crippen LogP contribution in [0.15, 0.2) is 0 Å². The van der Waals surface area contributed by atoms with E-state index in [0.29, 0.717) is 24.6 Å². The van der Waals surface area contributed by atoms with E-state index in [2.05, 4.69) is 4.98 Å². The lowest BCUT2D eigenvalue weighted by molar-refractivity contribution is 0.244. The van der Waals surface area contributed by atoms with Gasteiger partial charge in [0.15, 0.2) is 9.84 Å². The maximum Gasteiger partial charge on any atom is 0.150 e. The third kappa shape index (κ3) is 3.32.